The van der Waals surface area contributed by atoms with Crippen molar-refractivity contribution < 1.29 is 4.79 Å². The summed E-state index contributed by atoms with van der Waals surface area (Å²) in [5.74, 6) is -0.224. The van der Waals surface area contributed by atoms with Crippen LogP contribution in [0.25, 0.3) is 0 Å². The van der Waals surface area contributed by atoms with Crippen LogP contribution in [0.2, 0.25) is 10.0 Å². The van der Waals surface area contributed by atoms with Gasteiger partial charge in [-0.05, 0) is 54.4 Å². The zero-order valence-electron chi connectivity index (χ0n) is 14.9. The van der Waals surface area contributed by atoms with E-state index in [1.807, 2.05) is 48.5 Å². The van der Waals surface area contributed by atoms with Crippen LogP contribution >= 0.6 is 23.2 Å². The number of halogens is 2. The van der Waals surface area contributed by atoms with E-state index in [-0.39, 0.29) is 11.9 Å². The lowest BCUT2D eigenvalue weighted by molar-refractivity contribution is 0.102. The van der Waals surface area contributed by atoms with E-state index in [2.05, 4.69) is 17.6 Å². The molecule has 3 nitrogen and oxygen atoms in total. The third-order valence-electron chi connectivity index (χ3n) is 4.26. The Kier molecular flexibility index (Phi) is 6.51. The first kappa shape index (κ1) is 19.4. The molecule has 0 saturated carbocycles. The van der Waals surface area contributed by atoms with Crippen molar-refractivity contribution in [1.29, 1.82) is 0 Å². The Hall–Kier alpha value is -2.33. The number of carbonyl (C=O) groups excluding carboxylic acids is 1. The van der Waals surface area contributed by atoms with Crippen LogP contribution in [-0.4, -0.2) is 5.91 Å². The maximum Gasteiger partial charge on any atom is 0.257 e. The highest BCUT2D eigenvalue weighted by Crippen LogP contribution is 2.20. The molecule has 0 bridgehead atoms. The highest BCUT2D eigenvalue weighted by molar-refractivity contribution is 6.34. The average molecular weight is 399 g/mol. The number of nitrogens with one attached hydrogen (secondary N) is 2. The highest BCUT2D eigenvalue weighted by Gasteiger charge is 2.10. The van der Waals surface area contributed by atoms with E-state index < -0.39 is 0 Å². The summed E-state index contributed by atoms with van der Waals surface area (Å²) in [4.78, 5) is 12.4. The summed E-state index contributed by atoms with van der Waals surface area (Å²) in [5.41, 5.74) is 3.39. The van der Waals surface area contributed by atoms with Crippen molar-refractivity contribution in [2.75, 3.05) is 5.32 Å². The first-order valence-electron chi connectivity index (χ1n) is 8.66. The fourth-order valence-corrected chi connectivity index (χ4v) is 3.19. The van der Waals surface area contributed by atoms with Crippen molar-refractivity contribution >= 4 is 34.8 Å². The number of rotatable bonds is 6. The molecule has 0 saturated heterocycles. The molecule has 1 atom stereocenters. The monoisotopic (exact) mass is 398 g/mol. The van der Waals surface area contributed by atoms with E-state index in [4.69, 9.17) is 23.2 Å². The minimum absolute atomic E-state index is 0.157. The van der Waals surface area contributed by atoms with Gasteiger partial charge in [-0.15, -0.1) is 0 Å². The molecule has 3 rings (SSSR count). The molecular formula is C22H20Cl2N2O. The average Bonchev–Trinajstić information content (AvgIpc) is 2.66. The van der Waals surface area contributed by atoms with Gasteiger partial charge in [-0.2, -0.15) is 0 Å². The van der Waals surface area contributed by atoms with Crippen molar-refractivity contribution in [3.8, 4) is 0 Å². The maximum absolute atomic E-state index is 12.4. The van der Waals surface area contributed by atoms with Crippen LogP contribution in [0.1, 0.15) is 34.5 Å². The fourth-order valence-electron chi connectivity index (χ4n) is 2.77. The third kappa shape index (κ3) is 5.33. The van der Waals surface area contributed by atoms with Crippen molar-refractivity contribution in [3.05, 3.63) is 99.5 Å². The molecule has 27 heavy (non-hydrogen) atoms. The maximum atomic E-state index is 12.4. The van der Waals surface area contributed by atoms with Crippen LogP contribution in [-0.2, 0) is 6.54 Å². The molecule has 0 fully saturated rings. The zero-order chi connectivity index (χ0) is 19.2. The second-order valence-electron chi connectivity index (χ2n) is 6.29. The van der Waals surface area contributed by atoms with Gasteiger partial charge in [-0.1, -0.05) is 59.6 Å². The Morgan fingerprint density at radius 2 is 1.74 bits per heavy atom. The van der Waals surface area contributed by atoms with Gasteiger partial charge >= 0.3 is 0 Å². The lowest BCUT2D eigenvalue weighted by Crippen LogP contribution is -2.18. The minimum Gasteiger partial charge on any atom is -0.322 e. The molecule has 138 valence electrons. The first-order valence-corrected chi connectivity index (χ1v) is 9.42. The lowest BCUT2D eigenvalue weighted by atomic mass is 10.1. The summed E-state index contributed by atoms with van der Waals surface area (Å²) in [6.45, 7) is 2.76. The minimum atomic E-state index is -0.224. The quantitative estimate of drug-likeness (QED) is 0.526. The molecule has 3 aromatic rings. The molecule has 0 spiro atoms. The predicted molar refractivity (Wildman–Crippen MR) is 113 cm³/mol. The van der Waals surface area contributed by atoms with Crippen molar-refractivity contribution in [2.45, 2.75) is 19.5 Å². The summed E-state index contributed by atoms with van der Waals surface area (Å²) in [5, 5.41) is 7.53. The molecule has 1 unspecified atom stereocenters. The predicted octanol–water partition coefficient (Wildman–Crippen LogP) is 6.10. The summed E-state index contributed by atoms with van der Waals surface area (Å²) >= 11 is 12.1. The Labute approximate surface area is 169 Å². The molecule has 0 aliphatic rings. The molecular weight excluding hydrogens is 379 g/mol. The van der Waals surface area contributed by atoms with E-state index >= 15 is 0 Å². The van der Waals surface area contributed by atoms with Gasteiger partial charge in [-0.3, -0.25) is 4.79 Å². The molecule has 0 aromatic heterocycles. The van der Waals surface area contributed by atoms with E-state index in [0.29, 0.717) is 17.1 Å². The summed E-state index contributed by atoms with van der Waals surface area (Å²) in [6, 6.07) is 22.7. The molecule has 0 aliphatic carbocycles. The van der Waals surface area contributed by atoms with Crippen LogP contribution in [0.5, 0.6) is 0 Å². The van der Waals surface area contributed by atoms with Crippen LogP contribution < -0.4 is 10.6 Å². The van der Waals surface area contributed by atoms with Crippen LogP contribution in [0.15, 0.2) is 72.8 Å². The second-order valence-corrected chi connectivity index (χ2v) is 7.14. The Balaban J connectivity index is 1.63. The van der Waals surface area contributed by atoms with E-state index in [0.717, 1.165) is 21.8 Å². The van der Waals surface area contributed by atoms with E-state index in [1.165, 1.54) is 0 Å². The molecule has 1 amide bonds. The number of hydrogen-bond acceptors (Lipinski definition) is 2. The molecule has 3 aromatic carbocycles. The Bertz CT molecular complexity index is 943. The second kappa shape index (κ2) is 9.05. The van der Waals surface area contributed by atoms with E-state index in [9.17, 15) is 4.79 Å². The molecule has 0 radical (unpaired) electrons. The van der Waals surface area contributed by atoms with Gasteiger partial charge in [-0.25, -0.2) is 0 Å². The van der Waals surface area contributed by atoms with Crippen molar-refractivity contribution in [3.63, 3.8) is 0 Å². The van der Waals surface area contributed by atoms with Gasteiger partial charge in [0.15, 0.2) is 0 Å². The van der Waals surface area contributed by atoms with Gasteiger partial charge in [0.25, 0.3) is 5.91 Å². The van der Waals surface area contributed by atoms with Crippen LogP contribution in [0.4, 0.5) is 5.69 Å². The van der Waals surface area contributed by atoms with Gasteiger partial charge in [0.2, 0.25) is 0 Å². The fraction of sp³-hybridized carbons (Fsp3) is 0.136. The number of carbonyl (C=O) groups is 1. The highest BCUT2D eigenvalue weighted by atomic mass is 35.5. The van der Waals surface area contributed by atoms with Crippen molar-refractivity contribution in [2.24, 2.45) is 0 Å². The van der Waals surface area contributed by atoms with Gasteiger partial charge in [0, 0.05) is 23.3 Å². The van der Waals surface area contributed by atoms with Gasteiger partial charge < -0.3 is 10.6 Å². The zero-order valence-corrected chi connectivity index (χ0v) is 16.4. The van der Waals surface area contributed by atoms with Crippen molar-refractivity contribution in [1.82, 2.24) is 5.32 Å². The van der Waals surface area contributed by atoms with Gasteiger partial charge in [0.05, 0.1) is 10.6 Å². The number of benzene rings is 3. The van der Waals surface area contributed by atoms with E-state index in [1.54, 1.807) is 24.3 Å². The van der Waals surface area contributed by atoms with Gasteiger partial charge in [0.1, 0.15) is 0 Å². The molecule has 2 N–H and O–H groups in total. The summed E-state index contributed by atoms with van der Waals surface area (Å²) < 4.78 is 0. The Morgan fingerprint density at radius 3 is 2.52 bits per heavy atom. The molecule has 5 heteroatoms. The number of hydrogen-bond donors (Lipinski definition) is 2. The lowest BCUT2D eigenvalue weighted by Gasteiger charge is -2.15. The Morgan fingerprint density at radius 1 is 0.963 bits per heavy atom. The normalized spacial score (nSPS) is 11.8. The topological polar surface area (TPSA) is 41.1 Å². The molecule has 0 aliphatic heterocycles. The standard InChI is InChI=1S/C22H20Cl2N2O/c1-15(17-7-5-8-18(23)13-17)25-14-16-6-4-9-19(12-16)26-22(27)20-10-2-3-11-21(20)24/h2-13,15,25H,14H2,1H3,(H,26,27). The number of amides is 1. The largest absolute Gasteiger partial charge is 0.322 e. The number of anilines is 1. The van der Waals surface area contributed by atoms with Crippen LogP contribution in [0, 0.1) is 0 Å². The SMILES string of the molecule is CC(NCc1cccc(NC(=O)c2ccccc2Cl)c1)c1cccc(Cl)c1. The summed E-state index contributed by atoms with van der Waals surface area (Å²) in [6.07, 6.45) is 0. The third-order valence-corrected chi connectivity index (χ3v) is 4.83. The molecule has 0 heterocycles. The smallest absolute Gasteiger partial charge is 0.257 e. The first-order chi connectivity index (χ1) is 13.0. The summed E-state index contributed by atoms with van der Waals surface area (Å²) in [7, 11) is 0. The van der Waals surface area contributed by atoms with Crippen LogP contribution in [0.3, 0.4) is 0 Å².